The number of carbonyl (C=O) groups is 1. The summed E-state index contributed by atoms with van der Waals surface area (Å²) < 4.78 is 13.4. The minimum absolute atomic E-state index is 0.0109. The van der Waals surface area contributed by atoms with Crippen molar-refractivity contribution in [2.75, 3.05) is 5.32 Å². The molecule has 2 aromatic rings. The maximum atomic E-state index is 13.4. The molecule has 0 radical (unpaired) electrons. The number of hydrogen-bond donors (Lipinski definition) is 1. The highest BCUT2D eigenvalue weighted by Gasteiger charge is 2.44. The van der Waals surface area contributed by atoms with E-state index in [9.17, 15) is 9.18 Å². The van der Waals surface area contributed by atoms with Crippen LogP contribution in [0.3, 0.4) is 0 Å². The van der Waals surface area contributed by atoms with E-state index in [1.165, 1.54) is 10.9 Å². The van der Waals surface area contributed by atoms with Crippen molar-refractivity contribution in [1.82, 2.24) is 0 Å². The molecule has 2 unspecified atom stereocenters. The molecule has 0 saturated heterocycles. The molecule has 1 aliphatic rings. The van der Waals surface area contributed by atoms with Gasteiger partial charge in [-0.15, -0.1) is 11.3 Å². The predicted octanol–water partition coefficient (Wildman–Crippen LogP) is 3.63. The third-order valence-corrected chi connectivity index (χ3v) is 4.17. The van der Waals surface area contributed by atoms with Crippen LogP contribution in [0.15, 0.2) is 41.8 Å². The summed E-state index contributed by atoms with van der Waals surface area (Å²) >= 11 is 1.67. The summed E-state index contributed by atoms with van der Waals surface area (Å²) in [5, 5.41) is 4.67. The largest absolute Gasteiger partial charge is 0.323 e. The number of halogens is 1. The summed E-state index contributed by atoms with van der Waals surface area (Å²) in [7, 11) is 0. The van der Waals surface area contributed by atoms with Gasteiger partial charge in [-0.1, -0.05) is 18.2 Å². The van der Waals surface area contributed by atoms with Crippen LogP contribution in [0.5, 0.6) is 0 Å². The number of nitrogens with one attached hydrogen (secondary N) is 1. The Labute approximate surface area is 108 Å². The molecule has 0 aliphatic heterocycles. The quantitative estimate of drug-likeness (QED) is 0.898. The van der Waals surface area contributed by atoms with Crippen molar-refractivity contribution in [1.29, 1.82) is 0 Å². The van der Waals surface area contributed by atoms with Crippen LogP contribution in [0.25, 0.3) is 0 Å². The number of hydrogen-bond acceptors (Lipinski definition) is 2. The summed E-state index contributed by atoms with van der Waals surface area (Å²) in [6, 6.07) is 10.3. The van der Waals surface area contributed by atoms with E-state index >= 15 is 0 Å². The fourth-order valence-corrected chi connectivity index (χ4v) is 3.00. The summed E-state index contributed by atoms with van der Waals surface area (Å²) in [5.74, 6) is -0.169. The molecule has 4 heteroatoms. The molecule has 0 bridgehead atoms. The Kier molecular flexibility index (Phi) is 2.88. The first-order chi connectivity index (χ1) is 8.75. The molecular formula is C14H12FNOS. The molecule has 1 amide bonds. The first-order valence-electron chi connectivity index (χ1n) is 5.84. The van der Waals surface area contributed by atoms with Gasteiger partial charge in [-0.2, -0.15) is 0 Å². The SMILES string of the molecule is O=C(Nc1ccccc1F)C1CC1c1cccs1. The lowest BCUT2D eigenvalue weighted by molar-refractivity contribution is -0.117. The highest BCUT2D eigenvalue weighted by atomic mass is 32.1. The van der Waals surface area contributed by atoms with E-state index in [2.05, 4.69) is 5.32 Å². The van der Waals surface area contributed by atoms with Crippen LogP contribution >= 0.6 is 11.3 Å². The zero-order chi connectivity index (χ0) is 12.5. The van der Waals surface area contributed by atoms with E-state index in [0.717, 1.165) is 6.42 Å². The van der Waals surface area contributed by atoms with E-state index < -0.39 is 0 Å². The lowest BCUT2D eigenvalue weighted by atomic mass is 10.2. The predicted molar refractivity (Wildman–Crippen MR) is 70.2 cm³/mol. The molecule has 92 valence electrons. The van der Waals surface area contributed by atoms with E-state index in [4.69, 9.17) is 0 Å². The molecule has 1 saturated carbocycles. The van der Waals surface area contributed by atoms with Crippen LogP contribution in [0.4, 0.5) is 10.1 Å². The maximum Gasteiger partial charge on any atom is 0.228 e. The van der Waals surface area contributed by atoms with Gasteiger partial charge in [0.2, 0.25) is 5.91 Å². The summed E-state index contributed by atoms with van der Waals surface area (Å²) in [6.07, 6.45) is 0.862. The number of para-hydroxylation sites is 1. The summed E-state index contributed by atoms with van der Waals surface area (Å²) in [4.78, 5) is 13.2. The first-order valence-corrected chi connectivity index (χ1v) is 6.72. The van der Waals surface area contributed by atoms with Gasteiger partial charge >= 0.3 is 0 Å². The molecule has 0 spiro atoms. The molecule has 1 aromatic heterocycles. The average Bonchev–Trinajstić information content (AvgIpc) is 2.99. The Balaban J connectivity index is 1.66. The van der Waals surface area contributed by atoms with Gasteiger partial charge in [0.1, 0.15) is 5.82 Å². The Morgan fingerprint density at radius 1 is 1.28 bits per heavy atom. The minimum atomic E-state index is -0.390. The summed E-state index contributed by atoms with van der Waals surface area (Å²) in [6.45, 7) is 0. The Morgan fingerprint density at radius 3 is 2.83 bits per heavy atom. The number of thiophene rings is 1. The minimum Gasteiger partial charge on any atom is -0.323 e. The fraction of sp³-hybridized carbons (Fsp3) is 0.214. The molecule has 18 heavy (non-hydrogen) atoms. The molecule has 1 heterocycles. The standard InChI is InChI=1S/C14H12FNOS/c15-11-4-1-2-5-12(11)16-14(17)10-8-9(10)13-6-3-7-18-13/h1-7,9-10H,8H2,(H,16,17). The smallest absolute Gasteiger partial charge is 0.228 e. The fourth-order valence-electron chi connectivity index (χ4n) is 2.09. The van der Waals surface area contributed by atoms with Crippen LogP contribution in [0, 0.1) is 11.7 Å². The third kappa shape index (κ3) is 2.16. The second kappa shape index (κ2) is 4.53. The maximum absolute atomic E-state index is 13.4. The van der Waals surface area contributed by atoms with E-state index in [-0.39, 0.29) is 23.3 Å². The van der Waals surface area contributed by atoms with Gasteiger partial charge in [0.15, 0.2) is 0 Å². The first kappa shape index (κ1) is 11.4. The third-order valence-electron chi connectivity index (χ3n) is 3.17. The van der Waals surface area contributed by atoms with Gasteiger partial charge in [0, 0.05) is 16.7 Å². The van der Waals surface area contributed by atoms with Gasteiger partial charge in [-0.05, 0) is 30.0 Å². The molecule has 2 atom stereocenters. The number of benzene rings is 1. The highest BCUT2D eigenvalue weighted by molar-refractivity contribution is 7.10. The Bertz CT molecular complexity index is 567. The Morgan fingerprint density at radius 2 is 2.11 bits per heavy atom. The number of rotatable bonds is 3. The van der Waals surface area contributed by atoms with Crippen molar-refractivity contribution in [3.8, 4) is 0 Å². The van der Waals surface area contributed by atoms with E-state index in [0.29, 0.717) is 5.92 Å². The second-order valence-corrected chi connectivity index (χ2v) is 5.41. The van der Waals surface area contributed by atoms with Crippen molar-refractivity contribution in [3.63, 3.8) is 0 Å². The topological polar surface area (TPSA) is 29.1 Å². The van der Waals surface area contributed by atoms with Crippen molar-refractivity contribution >= 4 is 22.9 Å². The van der Waals surface area contributed by atoms with Crippen LogP contribution in [0.1, 0.15) is 17.2 Å². The van der Waals surface area contributed by atoms with Crippen molar-refractivity contribution in [2.45, 2.75) is 12.3 Å². The second-order valence-electron chi connectivity index (χ2n) is 4.43. The van der Waals surface area contributed by atoms with Gasteiger partial charge in [-0.25, -0.2) is 4.39 Å². The van der Waals surface area contributed by atoms with Gasteiger partial charge in [0.05, 0.1) is 5.69 Å². The van der Waals surface area contributed by atoms with Crippen LogP contribution in [-0.4, -0.2) is 5.91 Å². The van der Waals surface area contributed by atoms with Crippen molar-refractivity contribution in [2.24, 2.45) is 5.92 Å². The lowest BCUT2D eigenvalue weighted by Gasteiger charge is -2.05. The number of carbonyl (C=O) groups excluding carboxylic acids is 1. The molecule has 1 aromatic carbocycles. The normalized spacial score (nSPS) is 21.6. The van der Waals surface area contributed by atoms with Gasteiger partial charge in [-0.3, -0.25) is 4.79 Å². The molecular weight excluding hydrogens is 249 g/mol. The van der Waals surface area contributed by atoms with Crippen LogP contribution in [0.2, 0.25) is 0 Å². The molecule has 3 rings (SSSR count). The molecule has 1 aliphatic carbocycles. The van der Waals surface area contributed by atoms with E-state index in [1.54, 1.807) is 29.5 Å². The highest BCUT2D eigenvalue weighted by Crippen LogP contribution is 2.49. The van der Waals surface area contributed by atoms with Gasteiger partial charge in [0.25, 0.3) is 0 Å². The molecule has 1 N–H and O–H groups in total. The number of anilines is 1. The van der Waals surface area contributed by atoms with Gasteiger partial charge < -0.3 is 5.32 Å². The zero-order valence-electron chi connectivity index (χ0n) is 9.60. The van der Waals surface area contributed by atoms with Crippen LogP contribution in [-0.2, 0) is 4.79 Å². The molecule has 2 nitrogen and oxygen atoms in total. The number of amides is 1. The van der Waals surface area contributed by atoms with E-state index in [1.807, 2.05) is 17.5 Å². The monoisotopic (exact) mass is 261 g/mol. The summed E-state index contributed by atoms with van der Waals surface area (Å²) in [5.41, 5.74) is 0.263. The van der Waals surface area contributed by atoms with Crippen molar-refractivity contribution < 1.29 is 9.18 Å². The zero-order valence-corrected chi connectivity index (χ0v) is 10.4. The molecule has 1 fully saturated rings. The average molecular weight is 261 g/mol. The van der Waals surface area contributed by atoms with Crippen molar-refractivity contribution in [3.05, 3.63) is 52.5 Å². The van der Waals surface area contributed by atoms with Crippen LogP contribution < -0.4 is 5.32 Å². The Hall–Kier alpha value is -1.68. The lowest BCUT2D eigenvalue weighted by Crippen LogP contribution is -2.15.